The molecule has 2 aliphatic heterocycles. The van der Waals surface area contributed by atoms with Gasteiger partial charge in [-0.05, 0) is 104 Å². The first-order valence-corrected chi connectivity index (χ1v) is 15.8. The molecular weight excluding hydrogens is 572 g/mol. The van der Waals surface area contributed by atoms with Crippen LogP contribution in [0.25, 0.3) is 0 Å². The van der Waals surface area contributed by atoms with Gasteiger partial charge < -0.3 is 35.0 Å². The number of benzene rings is 3. The molecule has 45 heavy (non-hydrogen) atoms. The van der Waals surface area contributed by atoms with Gasteiger partial charge in [0.2, 0.25) is 0 Å². The Bertz CT molecular complexity index is 1250. The van der Waals surface area contributed by atoms with Crippen LogP contribution >= 0.6 is 0 Å². The molecule has 0 aromatic heterocycles. The summed E-state index contributed by atoms with van der Waals surface area (Å²) >= 11 is 0. The molecule has 3 aromatic rings. The number of ether oxygens (including phenoxy) is 1. The van der Waals surface area contributed by atoms with Crippen molar-refractivity contribution in [3.05, 3.63) is 95.6 Å². The average molecular weight is 621 g/mol. The van der Waals surface area contributed by atoms with Crippen LogP contribution in [0.3, 0.4) is 0 Å². The van der Waals surface area contributed by atoms with Crippen LogP contribution < -0.4 is 9.80 Å². The van der Waals surface area contributed by atoms with E-state index in [2.05, 4.69) is 9.80 Å². The van der Waals surface area contributed by atoms with E-state index in [-0.39, 0.29) is 19.2 Å². The number of hydrogen-bond donors (Lipinski definition) is 4. The van der Waals surface area contributed by atoms with Crippen LogP contribution in [0.5, 0.6) is 0 Å². The van der Waals surface area contributed by atoms with Crippen LogP contribution in [0, 0.1) is 11.8 Å². The summed E-state index contributed by atoms with van der Waals surface area (Å²) in [5.74, 6) is 0.0818. The SMILES string of the molecule is CO.O=C(O)c1ccc(N2CCC(CCO)CC2)cc1.O=C(OCc1ccccc1)c1ccc(N2CCC(CCO)CC2)cc1. The lowest BCUT2D eigenvalue weighted by Crippen LogP contribution is -2.33. The number of aliphatic hydroxyl groups excluding tert-OH is 3. The Morgan fingerprint density at radius 3 is 1.49 bits per heavy atom. The molecule has 0 atom stereocenters. The Labute approximate surface area is 266 Å². The summed E-state index contributed by atoms with van der Waals surface area (Å²) in [7, 11) is 1.00. The lowest BCUT2D eigenvalue weighted by molar-refractivity contribution is 0.0472. The summed E-state index contributed by atoms with van der Waals surface area (Å²) in [4.78, 5) is 27.5. The van der Waals surface area contributed by atoms with Crippen molar-refractivity contribution in [2.75, 3.05) is 56.3 Å². The van der Waals surface area contributed by atoms with Gasteiger partial charge in [-0.3, -0.25) is 0 Å². The van der Waals surface area contributed by atoms with Gasteiger partial charge in [-0.15, -0.1) is 0 Å². The second kappa shape index (κ2) is 19.5. The van der Waals surface area contributed by atoms with Gasteiger partial charge >= 0.3 is 11.9 Å². The molecule has 2 saturated heterocycles. The maximum Gasteiger partial charge on any atom is 0.338 e. The number of carbonyl (C=O) groups excluding carboxylic acids is 1. The Hall–Kier alpha value is -3.92. The third kappa shape index (κ3) is 11.5. The molecule has 2 aliphatic rings. The Morgan fingerprint density at radius 2 is 1.09 bits per heavy atom. The molecule has 9 heteroatoms. The Kier molecular flexibility index (Phi) is 15.4. The zero-order chi connectivity index (χ0) is 32.4. The van der Waals surface area contributed by atoms with Crippen molar-refractivity contribution in [2.45, 2.75) is 45.1 Å². The van der Waals surface area contributed by atoms with Crippen molar-refractivity contribution in [3.63, 3.8) is 0 Å². The van der Waals surface area contributed by atoms with E-state index in [4.69, 9.17) is 25.2 Å². The minimum absolute atomic E-state index is 0.276. The lowest BCUT2D eigenvalue weighted by Gasteiger charge is -2.33. The maximum atomic E-state index is 12.2. The number of hydrogen-bond acceptors (Lipinski definition) is 8. The van der Waals surface area contributed by atoms with Gasteiger partial charge in [0.15, 0.2) is 0 Å². The van der Waals surface area contributed by atoms with Crippen LogP contribution in [0.1, 0.15) is 64.8 Å². The first kappa shape index (κ1) is 35.6. The smallest absolute Gasteiger partial charge is 0.338 e. The fraction of sp³-hybridized carbons (Fsp3) is 0.444. The minimum Gasteiger partial charge on any atom is -0.478 e. The molecule has 0 unspecified atom stereocenters. The molecular formula is C36H48N2O7. The molecule has 3 aromatic carbocycles. The lowest BCUT2D eigenvalue weighted by atomic mass is 9.93. The quantitative estimate of drug-likeness (QED) is 0.225. The van der Waals surface area contributed by atoms with Crippen molar-refractivity contribution in [1.29, 1.82) is 0 Å². The molecule has 244 valence electrons. The van der Waals surface area contributed by atoms with E-state index in [1.54, 1.807) is 12.1 Å². The second-order valence-corrected chi connectivity index (χ2v) is 11.3. The van der Waals surface area contributed by atoms with Gasteiger partial charge in [0, 0.05) is 57.9 Å². The van der Waals surface area contributed by atoms with E-state index in [0.717, 1.165) is 88.8 Å². The zero-order valence-corrected chi connectivity index (χ0v) is 26.3. The van der Waals surface area contributed by atoms with E-state index in [1.807, 2.05) is 66.7 Å². The fourth-order valence-electron chi connectivity index (χ4n) is 5.75. The highest BCUT2D eigenvalue weighted by Crippen LogP contribution is 2.26. The van der Waals surface area contributed by atoms with Gasteiger partial charge in [0.25, 0.3) is 0 Å². The molecule has 0 spiro atoms. The fourth-order valence-corrected chi connectivity index (χ4v) is 5.75. The van der Waals surface area contributed by atoms with Gasteiger partial charge in [0.05, 0.1) is 11.1 Å². The van der Waals surface area contributed by atoms with Crippen LogP contribution in [0.2, 0.25) is 0 Å². The minimum atomic E-state index is -0.886. The van der Waals surface area contributed by atoms with Crippen molar-refractivity contribution in [2.24, 2.45) is 11.8 Å². The Morgan fingerprint density at radius 1 is 0.667 bits per heavy atom. The molecule has 0 bridgehead atoms. The molecule has 0 saturated carbocycles. The first-order chi connectivity index (χ1) is 22.0. The van der Waals surface area contributed by atoms with Crippen LogP contribution in [-0.2, 0) is 11.3 Å². The number of aromatic carboxylic acids is 1. The van der Waals surface area contributed by atoms with E-state index >= 15 is 0 Å². The van der Waals surface area contributed by atoms with Crippen molar-refractivity contribution in [1.82, 2.24) is 0 Å². The number of piperidine rings is 2. The highest BCUT2D eigenvalue weighted by atomic mass is 16.5. The summed E-state index contributed by atoms with van der Waals surface area (Å²) in [6, 6.07) is 24.4. The third-order valence-corrected chi connectivity index (χ3v) is 8.46. The monoisotopic (exact) mass is 620 g/mol. The standard InChI is InChI=1S/C21H25NO3.C14H19NO3.CH4O/c23-15-12-17-10-13-22(14-11-17)20-8-6-19(7-9-20)21(24)25-16-18-4-2-1-3-5-18;16-10-7-11-5-8-15(9-6-11)13-3-1-12(2-4-13)14(17)18;1-2/h1-9,17,23H,10-16H2;1-4,11,16H,5-10H2,(H,17,18);2H,1H3. The molecule has 0 radical (unpaired) electrons. The summed E-state index contributed by atoms with van der Waals surface area (Å²) < 4.78 is 5.36. The Balaban J connectivity index is 0.000000244. The average Bonchev–Trinajstić information content (AvgIpc) is 3.10. The molecule has 0 amide bonds. The maximum absolute atomic E-state index is 12.2. The number of rotatable bonds is 10. The second-order valence-electron chi connectivity index (χ2n) is 11.3. The van der Waals surface area contributed by atoms with Gasteiger partial charge in [-0.2, -0.15) is 0 Å². The summed E-state index contributed by atoms with van der Waals surface area (Å²) in [6.45, 7) is 4.82. The predicted octanol–water partition coefficient (Wildman–Crippen LogP) is 5.23. The number of carboxylic acid groups (broad SMARTS) is 1. The van der Waals surface area contributed by atoms with E-state index in [1.165, 1.54) is 0 Å². The molecule has 4 N–H and O–H groups in total. The van der Waals surface area contributed by atoms with Crippen molar-refractivity contribution >= 4 is 23.3 Å². The number of anilines is 2. The van der Waals surface area contributed by atoms with E-state index in [9.17, 15) is 9.59 Å². The number of carboxylic acids is 1. The number of nitrogens with zero attached hydrogens (tertiary/aromatic N) is 2. The van der Waals surface area contributed by atoms with Crippen LogP contribution in [-0.4, -0.2) is 78.9 Å². The van der Waals surface area contributed by atoms with Crippen LogP contribution in [0.4, 0.5) is 11.4 Å². The number of carbonyl (C=O) groups is 2. The zero-order valence-electron chi connectivity index (χ0n) is 26.3. The van der Waals surface area contributed by atoms with Gasteiger partial charge in [0.1, 0.15) is 6.61 Å². The normalized spacial score (nSPS) is 15.3. The largest absolute Gasteiger partial charge is 0.478 e. The molecule has 9 nitrogen and oxygen atoms in total. The van der Waals surface area contributed by atoms with Gasteiger partial charge in [-0.1, -0.05) is 30.3 Å². The highest BCUT2D eigenvalue weighted by Gasteiger charge is 2.20. The predicted molar refractivity (Wildman–Crippen MR) is 177 cm³/mol. The summed E-state index contributed by atoms with van der Waals surface area (Å²) in [6.07, 6.45) is 6.22. The molecule has 5 rings (SSSR count). The summed E-state index contributed by atoms with van der Waals surface area (Å²) in [5, 5.41) is 33.8. The summed E-state index contributed by atoms with van der Waals surface area (Å²) in [5.41, 5.74) is 4.12. The van der Waals surface area contributed by atoms with Gasteiger partial charge in [-0.25, -0.2) is 9.59 Å². The topological polar surface area (TPSA) is 131 Å². The number of aliphatic hydroxyl groups is 3. The highest BCUT2D eigenvalue weighted by molar-refractivity contribution is 5.90. The van der Waals surface area contributed by atoms with Crippen LogP contribution in [0.15, 0.2) is 78.9 Å². The van der Waals surface area contributed by atoms with Crippen molar-refractivity contribution in [3.8, 4) is 0 Å². The first-order valence-electron chi connectivity index (χ1n) is 15.8. The number of esters is 1. The molecule has 0 aliphatic carbocycles. The van der Waals surface area contributed by atoms with Crippen molar-refractivity contribution < 1.29 is 34.8 Å². The third-order valence-electron chi connectivity index (χ3n) is 8.46. The molecule has 2 fully saturated rings. The van der Waals surface area contributed by atoms with E-state index in [0.29, 0.717) is 29.6 Å². The molecule has 2 heterocycles. The van der Waals surface area contributed by atoms with E-state index < -0.39 is 5.97 Å².